The summed E-state index contributed by atoms with van der Waals surface area (Å²) in [6.07, 6.45) is 1.47. The summed E-state index contributed by atoms with van der Waals surface area (Å²) >= 11 is 1.23. The van der Waals surface area contributed by atoms with Gasteiger partial charge in [-0.1, -0.05) is 29.8 Å². The highest BCUT2D eigenvalue weighted by molar-refractivity contribution is 8.04. The lowest BCUT2D eigenvalue weighted by molar-refractivity contribution is -0.117. The summed E-state index contributed by atoms with van der Waals surface area (Å²) in [6, 6.07) is 7.70. The Morgan fingerprint density at radius 1 is 1.14 bits per heavy atom. The Balaban J connectivity index is 2.25. The molecule has 7 heteroatoms. The zero-order valence-corrected chi connectivity index (χ0v) is 13.2. The fourth-order valence-electron chi connectivity index (χ4n) is 2.28. The Kier molecular flexibility index (Phi) is 3.58. The zero-order chi connectivity index (χ0) is 15.9. The van der Waals surface area contributed by atoms with Gasteiger partial charge in [-0.2, -0.15) is 0 Å². The van der Waals surface area contributed by atoms with Crippen LogP contribution in [-0.4, -0.2) is 26.6 Å². The number of ketones is 1. The van der Waals surface area contributed by atoms with E-state index in [1.54, 1.807) is 4.68 Å². The van der Waals surface area contributed by atoms with Gasteiger partial charge >= 0.3 is 0 Å². The lowest BCUT2D eigenvalue weighted by atomic mass is 10.1. The number of Topliss-reactive ketones (excluding diaryl/α,β-unsaturated/α-hetero) is 1. The van der Waals surface area contributed by atoms with Gasteiger partial charge in [0.2, 0.25) is 11.1 Å². The Morgan fingerprint density at radius 2 is 1.82 bits per heavy atom. The van der Waals surface area contributed by atoms with Crippen LogP contribution in [0.5, 0.6) is 0 Å². The maximum Gasteiger partial charge on any atom is 0.243 e. The van der Waals surface area contributed by atoms with Crippen LogP contribution in [0.1, 0.15) is 25.0 Å². The summed E-state index contributed by atoms with van der Waals surface area (Å²) < 4.78 is 1.56. The highest BCUT2D eigenvalue weighted by Crippen LogP contribution is 2.38. The van der Waals surface area contributed by atoms with Gasteiger partial charge in [-0.3, -0.25) is 9.59 Å². The largest absolute Gasteiger partial charge is 0.294 e. The van der Waals surface area contributed by atoms with E-state index in [4.69, 9.17) is 0 Å². The van der Waals surface area contributed by atoms with Crippen molar-refractivity contribution in [3.05, 3.63) is 46.6 Å². The second kappa shape index (κ2) is 5.42. The van der Waals surface area contributed by atoms with Gasteiger partial charge in [0, 0.05) is 12.5 Å². The van der Waals surface area contributed by atoms with Crippen molar-refractivity contribution in [2.75, 3.05) is 5.01 Å². The average Bonchev–Trinajstić information content (AvgIpc) is 2.93. The molecule has 0 saturated carbocycles. The lowest BCUT2D eigenvalue weighted by Gasteiger charge is -2.31. The van der Waals surface area contributed by atoms with Crippen LogP contribution in [0.4, 0.5) is 0 Å². The molecule has 1 aromatic heterocycles. The van der Waals surface area contributed by atoms with Crippen LogP contribution in [-0.2, 0) is 9.59 Å². The van der Waals surface area contributed by atoms with Crippen molar-refractivity contribution in [1.82, 2.24) is 14.9 Å². The van der Waals surface area contributed by atoms with E-state index in [0.29, 0.717) is 15.8 Å². The van der Waals surface area contributed by atoms with Crippen molar-refractivity contribution in [2.24, 2.45) is 0 Å². The van der Waals surface area contributed by atoms with Crippen LogP contribution in [0.25, 0.3) is 5.70 Å². The number of hydrogen-bond acceptors (Lipinski definition) is 5. The molecule has 1 aromatic carbocycles. The van der Waals surface area contributed by atoms with E-state index in [-0.39, 0.29) is 11.7 Å². The molecule has 2 heterocycles. The first-order valence-corrected chi connectivity index (χ1v) is 7.52. The maximum atomic E-state index is 12.2. The number of aryl methyl sites for hydroxylation is 1. The molecule has 3 rings (SSSR count). The maximum absolute atomic E-state index is 12.2. The second-order valence-corrected chi connectivity index (χ2v) is 5.97. The normalized spacial score (nSPS) is 14.0. The lowest BCUT2D eigenvalue weighted by Crippen LogP contribution is -2.40. The van der Waals surface area contributed by atoms with E-state index in [1.165, 1.54) is 36.9 Å². The number of carbonyl (C=O) groups excluding carboxylic acids is 2. The molecule has 0 spiro atoms. The molecule has 0 aliphatic carbocycles. The van der Waals surface area contributed by atoms with E-state index in [2.05, 4.69) is 10.2 Å². The number of amides is 1. The Bertz CT molecular complexity index is 792. The molecular weight excluding hydrogens is 300 g/mol. The number of aromatic nitrogens is 3. The molecule has 1 amide bonds. The number of thioether (sulfide) groups is 1. The van der Waals surface area contributed by atoms with E-state index >= 15 is 0 Å². The van der Waals surface area contributed by atoms with Crippen molar-refractivity contribution in [3.63, 3.8) is 0 Å². The summed E-state index contributed by atoms with van der Waals surface area (Å²) in [5.74, 6) is -0.322. The van der Waals surface area contributed by atoms with Gasteiger partial charge in [-0.15, -0.1) is 10.2 Å². The third-order valence-corrected chi connectivity index (χ3v) is 4.42. The topological polar surface area (TPSA) is 68.1 Å². The van der Waals surface area contributed by atoms with Crippen molar-refractivity contribution in [1.29, 1.82) is 0 Å². The number of fused-ring (bicyclic) bond motifs is 1. The average molecular weight is 314 g/mol. The molecule has 0 atom stereocenters. The van der Waals surface area contributed by atoms with Gasteiger partial charge < -0.3 is 0 Å². The Labute approximate surface area is 131 Å². The predicted molar refractivity (Wildman–Crippen MR) is 83.6 cm³/mol. The summed E-state index contributed by atoms with van der Waals surface area (Å²) in [7, 11) is 0. The molecule has 22 heavy (non-hydrogen) atoms. The Morgan fingerprint density at radius 3 is 2.41 bits per heavy atom. The highest BCUT2D eigenvalue weighted by atomic mass is 32.2. The van der Waals surface area contributed by atoms with Crippen LogP contribution in [0.3, 0.4) is 0 Å². The van der Waals surface area contributed by atoms with E-state index in [1.807, 2.05) is 31.2 Å². The number of nitrogens with zero attached hydrogens (tertiary/aromatic N) is 4. The van der Waals surface area contributed by atoms with E-state index in [9.17, 15) is 9.59 Å². The van der Waals surface area contributed by atoms with Gasteiger partial charge in [0.15, 0.2) is 5.78 Å². The minimum atomic E-state index is -0.212. The highest BCUT2D eigenvalue weighted by Gasteiger charge is 2.32. The van der Waals surface area contributed by atoms with Crippen molar-refractivity contribution < 1.29 is 9.59 Å². The fraction of sp³-hybridized carbons (Fsp3) is 0.200. The van der Waals surface area contributed by atoms with Gasteiger partial charge in [-0.05, 0) is 25.6 Å². The molecule has 0 N–H and O–H groups in total. The number of carbonyl (C=O) groups is 2. The standard InChI is InChI=1S/C15H14N4O2S/c1-9-4-6-12(7-5-9)13-14(10(2)20)22-15-17-16-8-18(15)19(13)11(3)21/h4-8H,1-3H3. The van der Waals surface area contributed by atoms with E-state index in [0.717, 1.165) is 11.1 Å². The quantitative estimate of drug-likeness (QED) is 0.849. The molecule has 0 unspecified atom stereocenters. The molecule has 1 aliphatic rings. The van der Waals surface area contributed by atoms with E-state index < -0.39 is 0 Å². The van der Waals surface area contributed by atoms with Crippen LogP contribution >= 0.6 is 11.8 Å². The minimum absolute atomic E-state index is 0.110. The van der Waals surface area contributed by atoms with Gasteiger partial charge in [0.1, 0.15) is 6.33 Å². The van der Waals surface area contributed by atoms with Gasteiger partial charge in [0.05, 0.1) is 10.6 Å². The molecule has 0 fully saturated rings. The predicted octanol–water partition coefficient (Wildman–Crippen LogP) is 2.13. The number of rotatable bonds is 2. The fourth-order valence-corrected chi connectivity index (χ4v) is 3.22. The van der Waals surface area contributed by atoms with Crippen molar-refractivity contribution in [3.8, 4) is 0 Å². The van der Waals surface area contributed by atoms with Gasteiger partial charge in [0.25, 0.3) is 0 Å². The number of benzene rings is 1. The van der Waals surface area contributed by atoms with Crippen molar-refractivity contribution >= 4 is 29.1 Å². The first-order valence-electron chi connectivity index (χ1n) is 6.70. The third kappa shape index (κ3) is 2.33. The summed E-state index contributed by atoms with van der Waals surface area (Å²) in [6.45, 7) is 4.92. The van der Waals surface area contributed by atoms with Crippen LogP contribution in [0.15, 0.2) is 40.7 Å². The molecule has 1 aliphatic heterocycles. The zero-order valence-electron chi connectivity index (χ0n) is 12.4. The van der Waals surface area contributed by atoms with Crippen LogP contribution in [0, 0.1) is 6.92 Å². The summed E-state index contributed by atoms with van der Waals surface area (Å²) in [5, 5.41) is 9.73. The third-order valence-electron chi connectivity index (χ3n) is 3.28. The smallest absolute Gasteiger partial charge is 0.243 e. The number of allylic oxidation sites excluding steroid dienone is 1. The molecule has 6 nitrogen and oxygen atoms in total. The molecule has 0 saturated heterocycles. The molecular formula is C15H14N4O2S. The minimum Gasteiger partial charge on any atom is -0.294 e. The second-order valence-electron chi connectivity index (χ2n) is 4.99. The SMILES string of the molecule is CC(=O)C1=C(c2ccc(C)cc2)N(C(C)=O)n2cnnc2S1. The first kappa shape index (κ1) is 14.5. The molecule has 0 radical (unpaired) electrons. The number of hydrogen-bond donors (Lipinski definition) is 0. The van der Waals surface area contributed by atoms with Crippen LogP contribution < -0.4 is 5.01 Å². The molecule has 2 aromatic rings. The molecule has 0 bridgehead atoms. The first-order chi connectivity index (χ1) is 10.5. The Hall–Kier alpha value is -2.41. The summed E-state index contributed by atoms with van der Waals surface area (Å²) in [5.41, 5.74) is 2.48. The van der Waals surface area contributed by atoms with Gasteiger partial charge in [-0.25, -0.2) is 9.69 Å². The molecule has 112 valence electrons. The summed E-state index contributed by atoms with van der Waals surface area (Å²) in [4.78, 5) is 24.7. The van der Waals surface area contributed by atoms with Crippen LogP contribution in [0.2, 0.25) is 0 Å². The van der Waals surface area contributed by atoms with Crippen molar-refractivity contribution in [2.45, 2.75) is 25.9 Å². The monoisotopic (exact) mass is 314 g/mol.